The van der Waals surface area contributed by atoms with Crippen LogP contribution in [0, 0.1) is 6.92 Å². The standard InChI is InChI=1S/C16H18N6OS2/c1-8-18-14-13(9-4-3-5-10(9)24-14)15(19-8)25-16-21-20-12(22(16)2)7-6-11(17)23/h3-7H2,1-2H3,(H2,17,23). The third-order valence-corrected chi connectivity index (χ3v) is 6.56. The Morgan fingerprint density at radius 1 is 1.32 bits per heavy atom. The molecule has 1 amide bonds. The van der Waals surface area contributed by atoms with E-state index in [1.165, 1.54) is 34.0 Å². The van der Waals surface area contributed by atoms with Gasteiger partial charge in [-0.05, 0) is 43.5 Å². The minimum absolute atomic E-state index is 0.269. The van der Waals surface area contributed by atoms with Crippen LogP contribution in [0.4, 0.5) is 0 Å². The van der Waals surface area contributed by atoms with Crippen LogP contribution in [-0.4, -0.2) is 30.6 Å². The van der Waals surface area contributed by atoms with Crippen LogP contribution in [0.15, 0.2) is 10.2 Å². The molecule has 0 radical (unpaired) electrons. The SMILES string of the molecule is Cc1nc(Sc2nnc(CCC(N)=O)n2C)c2c3c(sc2n1)CCC3. The summed E-state index contributed by atoms with van der Waals surface area (Å²) in [7, 11) is 1.90. The molecule has 1 aliphatic rings. The monoisotopic (exact) mass is 374 g/mol. The molecule has 130 valence electrons. The molecule has 0 bridgehead atoms. The van der Waals surface area contributed by atoms with Gasteiger partial charge in [-0.3, -0.25) is 4.79 Å². The van der Waals surface area contributed by atoms with E-state index in [0.717, 1.165) is 39.5 Å². The van der Waals surface area contributed by atoms with Gasteiger partial charge in [-0.2, -0.15) is 0 Å². The summed E-state index contributed by atoms with van der Waals surface area (Å²) in [4.78, 5) is 22.8. The average Bonchev–Trinajstić information content (AvgIpc) is 3.21. The first-order valence-electron chi connectivity index (χ1n) is 8.16. The van der Waals surface area contributed by atoms with Crippen molar-refractivity contribution < 1.29 is 4.79 Å². The highest BCUT2D eigenvalue weighted by Gasteiger charge is 2.23. The Labute approximate surface area is 153 Å². The maximum absolute atomic E-state index is 11.0. The lowest BCUT2D eigenvalue weighted by Gasteiger charge is -2.06. The largest absolute Gasteiger partial charge is 0.370 e. The van der Waals surface area contributed by atoms with Gasteiger partial charge in [0.1, 0.15) is 21.5 Å². The fraction of sp³-hybridized carbons (Fsp3) is 0.438. The molecule has 7 nitrogen and oxygen atoms in total. The molecule has 0 saturated carbocycles. The Hall–Kier alpha value is -2.00. The number of nitrogens with zero attached hydrogens (tertiary/aromatic N) is 5. The Morgan fingerprint density at radius 3 is 2.96 bits per heavy atom. The summed E-state index contributed by atoms with van der Waals surface area (Å²) in [5.74, 6) is 1.18. The van der Waals surface area contributed by atoms with Gasteiger partial charge in [-0.1, -0.05) is 0 Å². The topological polar surface area (TPSA) is 99.6 Å². The molecule has 9 heteroatoms. The third kappa shape index (κ3) is 3.02. The molecule has 3 heterocycles. The van der Waals surface area contributed by atoms with Crippen molar-refractivity contribution in [2.24, 2.45) is 12.8 Å². The third-order valence-electron chi connectivity index (χ3n) is 4.35. The van der Waals surface area contributed by atoms with Crippen molar-refractivity contribution in [2.75, 3.05) is 0 Å². The molecule has 0 fully saturated rings. The van der Waals surface area contributed by atoms with E-state index in [1.54, 1.807) is 11.3 Å². The molecule has 1 aliphatic carbocycles. The first kappa shape index (κ1) is 16.5. The first-order chi connectivity index (χ1) is 12.0. The van der Waals surface area contributed by atoms with E-state index in [-0.39, 0.29) is 12.3 Å². The normalized spacial score (nSPS) is 13.5. The molecule has 0 spiro atoms. The molecule has 2 N–H and O–H groups in total. The summed E-state index contributed by atoms with van der Waals surface area (Å²) in [6, 6.07) is 0. The molecule has 0 saturated heterocycles. The molecular formula is C16H18N6OS2. The smallest absolute Gasteiger partial charge is 0.217 e. The average molecular weight is 374 g/mol. The minimum atomic E-state index is -0.334. The number of hydrogen-bond acceptors (Lipinski definition) is 7. The lowest BCUT2D eigenvalue weighted by Crippen LogP contribution is -2.12. The molecule has 0 aromatic carbocycles. The fourth-order valence-electron chi connectivity index (χ4n) is 3.11. The predicted octanol–water partition coefficient (Wildman–Crippen LogP) is 2.19. The molecule has 0 unspecified atom stereocenters. The number of aromatic nitrogens is 5. The summed E-state index contributed by atoms with van der Waals surface area (Å²) in [6.45, 7) is 1.92. The summed E-state index contributed by atoms with van der Waals surface area (Å²) in [6.07, 6.45) is 4.20. The van der Waals surface area contributed by atoms with E-state index in [4.69, 9.17) is 5.73 Å². The number of hydrogen-bond donors (Lipinski definition) is 1. The second-order valence-corrected chi connectivity index (χ2v) is 8.18. The van der Waals surface area contributed by atoms with Crippen molar-refractivity contribution in [3.8, 4) is 0 Å². The van der Waals surface area contributed by atoms with Gasteiger partial charge >= 0.3 is 0 Å². The van der Waals surface area contributed by atoms with Gasteiger partial charge in [-0.15, -0.1) is 21.5 Å². The van der Waals surface area contributed by atoms with Crippen LogP contribution < -0.4 is 5.73 Å². The summed E-state index contributed by atoms with van der Waals surface area (Å²) in [5, 5.41) is 11.3. The van der Waals surface area contributed by atoms with Gasteiger partial charge < -0.3 is 10.3 Å². The number of fused-ring (bicyclic) bond motifs is 3. The zero-order valence-electron chi connectivity index (χ0n) is 14.1. The Kier molecular flexibility index (Phi) is 4.20. The number of carbonyl (C=O) groups excluding carboxylic acids is 1. The van der Waals surface area contributed by atoms with E-state index in [1.807, 2.05) is 18.5 Å². The molecule has 25 heavy (non-hydrogen) atoms. The molecule has 3 aromatic heterocycles. The fourth-order valence-corrected chi connectivity index (χ4v) is 5.48. The number of primary amides is 1. The Balaban J connectivity index is 1.70. The first-order valence-corrected chi connectivity index (χ1v) is 9.79. The van der Waals surface area contributed by atoms with E-state index < -0.39 is 0 Å². The number of aryl methyl sites for hydroxylation is 4. The van der Waals surface area contributed by atoms with E-state index in [2.05, 4.69) is 20.2 Å². The van der Waals surface area contributed by atoms with Crippen LogP contribution in [-0.2, 0) is 31.1 Å². The van der Waals surface area contributed by atoms with Crippen LogP contribution >= 0.6 is 23.1 Å². The van der Waals surface area contributed by atoms with Gasteiger partial charge in [0.15, 0.2) is 5.16 Å². The van der Waals surface area contributed by atoms with Crippen LogP contribution in [0.25, 0.3) is 10.2 Å². The number of carbonyl (C=O) groups is 1. The van der Waals surface area contributed by atoms with Crippen LogP contribution in [0.3, 0.4) is 0 Å². The summed E-state index contributed by atoms with van der Waals surface area (Å²) in [5.41, 5.74) is 6.62. The van der Waals surface area contributed by atoms with Gasteiger partial charge in [0, 0.05) is 30.2 Å². The van der Waals surface area contributed by atoms with Crippen molar-refractivity contribution >= 4 is 39.2 Å². The number of amides is 1. The minimum Gasteiger partial charge on any atom is -0.370 e. The van der Waals surface area contributed by atoms with E-state index in [9.17, 15) is 4.79 Å². The summed E-state index contributed by atoms with van der Waals surface area (Å²) < 4.78 is 1.91. The zero-order valence-corrected chi connectivity index (χ0v) is 15.7. The molecular weight excluding hydrogens is 356 g/mol. The highest BCUT2D eigenvalue weighted by molar-refractivity contribution is 7.99. The molecule has 3 aromatic rings. The quantitative estimate of drug-likeness (QED) is 0.687. The number of nitrogens with two attached hydrogens (primary N) is 1. The van der Waals surface area contributed by atoms with Crippen molar-refractivity contribution in [3.63, 3.8) is 0 Å². The van der Waals surface area contributed by atoms with Crippen molar-refractivity contribution in [2.45, 2.75) is 49.2 Å². The zero-order chi connectivity index (χ0) is 17.6. The highest BCUT2D eigenvalue weighted by atomic mass is 32.2. The maximum Gasteiger partial charge on any atom is 0.217 e. The van der Waals surface area contributed by atoms with Gasteiger partial charge in [0.25, 0.3) is 0 Å². The van der Waals surface area contributed by atoms with Crippen molar-refractivity contribution in [1.82, 2.24) is 24.7 Å². The lowest BCUT2D eigenvalue weighted by molar-refractivity contribution is -0.118. The van der Waals surface area contributed by atoms with Crippen molar-refractivity contribution in [1.29, 1.82) is 0 Å². The van der Waals surface area contributed by atoms with E-state index >= 15 is 0 Å². The molecule has 4 rings (SSSR count). The van der Waals surface area contributed by atoms with Crippen molar-refractivity contribution in [3.05, 3.63) is 22.1 Å². The highest BCUT2D eigenvalue weighted by Crippen LogP contribution is 2.41. The second-order valence-electron chi connectivity index (χ2n) is 6.14. The van der Waals surface area contributed by atoms with Crippen LogP contribution in [0.1, 0.15) is 34.9 Å². The van der Waals surface area contributed by atoms with Crippen LogP contribution in [0.2, 0.25) is 0 Å². The molecule has 0 atom stereocenters. The second kappa shape index (κ2) is 6.38. The Bertz CT molecular complexity index is 977. The lowest BCUT2D eigenvalue weighted by atomic mass is 10.2. The van der Waals surface area contributed by atoms with Crippen LogP contribution in [0.5, 0.6) is 0 Å². The summed E-state index contributed by atoms with van der Waals surface area (Å²) >= 11 is 3.30. The predicted molar refractivity (Wildman–Crippen MR) is 96.8 cm³/mol. The van der Waals surface area contributed by atoms with Gasteiger partial charge in [0.05, 0.1) is 0 Å². The van der Waals surface area contributed by atoms with E-state index in [0.29, 0.717) is 6.42 Å². The Morgan fingerprint density at radius 2 is 2.16 bits per heavy atom. The number of rotatable bonds is 5. The van der Waals surface area contributed by atoms with Gasteiger partial charge in [0.2, 0.25) is 5.91 Å². The van der Waals surface area contributed by atoms with Gasteiger partial charge in [-0.25, -0.2) is 9.97 Å². The number of thiophene rings is 1. The maximum atomic E-state index is 11.0. The molecule has 0 aliphatic heterocycles.